The van der Waals surface area contributed by atoms with Crippen molar-refractivity contribution in [3.63, 3.8) is 0 Å². The summed E-state index contributed by atoms with van der Waals surface area (Å²) in [6.45, 7) is 7.04. The smallest absolute Gasteiger partial charge is 0.219 e. The van der Waals surface area contributed by atoms with Gasteiger partial charge in [-0.15, -0.1) is 0 Å². The lowest BCUT2D eigenvalue weighted by atomic mass is 10.4. The first-order valence-corrected chi connectivity index (χ1v) is 4.47. The van der Waals surface area contributed by atoms with Gasteiger partial charge in [0.2, 0.25) is 5.91 Å². The van der Waals surface area contributed by atoms with Gasteiger partial charge in [-0.05, 0) is 26.7 Å². The van der Waals surface area contributed by atoms with Gasteiger partial charge in [0.15, 0.2) is 0 Å². The molecule has 1 aliphatic heterocycles. The van der Waals surface area contributed by atoms with Crippen molar-refractivity contribution in [1.29, 1.82) is 0 Å². The van der Waals surface area contributed by atoms with Gasteiger partial charge < -0.3 is 10.0 Å². The van der Waals surface area contributed by atoms with Crippen LogP contribution < -0.4 is 0 Å². The molecule has 1 fully saturated rings. The molecule has 0 atom stereocenters. The van der Waals surface area contributed by atoms with Crippen molar-refractivity contribution in [2.45, 2.75) is 39.7 Å². The number of carbonyl (C=O) groups is 1. The van der Waals surface area contributed by atoms with Crippen molar-refractivity contribution in [3.8, 4) is 0 Å². The highest BCUT2D eigenvalue weighted by molar-refractivity contribution is 5.73. The Balaban J connectivity index is 0.000000261. The van der Waals surface area contributed by atoms with Crippen LogP contribution in [0.4, 0.5) is 0 Å². The van der Waals surface area contributed by atoms with Gasteiger partial charge in [-0.3, -0.25) is 4.79 Å². The molecule has 1 amide bonds. The lowest BCUT2D eigenvalue weighted by Crippen LogP contribution is -2.24. The number of rotatable bonds is 0. The second-order valence-electron chi connectivity index (χ2n) is 3.31. The van der Waals surface area contributed by atoms with E-state index in [0.717, 1.165) is 13.1 Å². The van der Waals surface area contributed by atoms with E-state index in [2.05, 4.69) is 0 Å². The number of hydrogen-bond acceptors (Lipinski definition) is 2. The SMILES string of the molecule is CC(=O)N1CCCC1.CC(C)O. The first kappa shape index (κ1) is 11.4. The molecule has 0 aromatic carbocycles. The maximum atomic E-state index is 10.6. The van der Waals surface area contributed by atoms with Crippen molar-refractivity contribution in [2.24, 2.45) is 0 Å². The zero-order chi connectivity index (χ0) is 9.56. The lowest BCUT2D eigenvalue weighted by Gasteiger charge is -2.10. The van der Waals surface area contributed by atoms with E-state index in [1.807, 2.05) is 4.90 Å². The van der Waals surface area contributed by atoms with Crippen LogP contribution in [-0.4, -0.2) is 35.1 Å². The molecular weight excluding hydrogens is 154 g/mol. The third-order valence-corrected chi connectivity index (χ3v) is 1.55. The van der Waals surface area contributed by atoms with Crippen molar-refractivity contribution in [3.05, 3.63) is 0 Å². The summed E-state index contributed by atoms with van der Waals surface area (Å²) in [6, 6.07) is 0. The first-order chi connectivity index (χ1) is 5.54. The zero-order valence-corrected chi connectivity index (χ0v) is 8.21. The highest BCUT2D eigenvalue weighted by atomic mass is 16.3. The van der Waals surface area contributed by atoms with Crippen LogP contribution in [0.15, 0.2) is 0 Å². The highest BCUT2D eigenvalue weighted by Gasteiger charge is 2.12. The Labute approximate surface area is 74.4 Å². The van der Waals surface area contributed by atoms with Crippen LogP contribution in [0.5, 0.6) is 0 Å². The molecule has 1 rings (SSSR count). The zero-order valence-electron chi connectivity index (χ0n) is 8.21. The molecule has 0 unspecified atom stereocenters. The second kappa shape index (κ2) is 6.00. The van der Waals surface area contributed by atoms with E-state index in [1.54, 1.807) is 20.8 Å². The third-order valence-electron chi connectivity index (χ3n) is 1.55. The summed E-state index contributed by atoms with van der Waals surface area (Å²) in [5, 5.41) is 8.06. The van der Waals surface area contributed by atoms with E-state index < -0.39 is 0 Å². The summed E-state index contributed by atoms with van der Waals surface area (Å²) < 4.78 is 0. The molecule has 1 N–H and O–H groups in total. The Kier molecular flexibility index (Phi) is 5.72. The molecule has 0 spiro atoms. The topological polar surface area (TPSA) is 40.5 Å². The van der Waals surface area contributed by atoms with Crippen LogP contribution >= 0.6 is 0 Å². The predicted molar refractivity (Wildman–Crippen MR) is 48.8 cm³/mol. The number of nitrogens with zero attached hydrogens (tertiary/aromatic N) is 1. The molecule has 0 aromatic heterocycles. The maximum absolute atomic E-state index is 10.6. The molecule has 1 aliphatic rings. The standard InChI is InChI=1S/C6H11NO.C3H8O/c1-6(8)7-4-2-3-5-7;1-3(2)4/h2-5H2,1H3;3-4H,1-2H3. The minimum absolute atomic E-state index is 0.167. The average Bonchev–Trinajstić information content (AvgIpc) is 2.34. The van der Waals surface area contributed by atoms with Gasteiger partial charge in [0.1, 0.15) is 0 Å². The Bertz CT molecular complexity index is 126. The average molecular weight is 173 g/mol. The molecule has 1 saturated heterocycles. The molecular formula is C9H19NO2. The van der Waals surface area contributed by atoms with Crippen molar-refractivity contribution in [2.75, 3.05) is 13.1 Å². The molecule has 0 aromatic rings. The van der Waals surface area contributed by atoms with Gasteiger partial charge in [-0.25, -0.2) is 0 Å². The van der Waals surface area contributed by atoms with Crippen LogP contribution in [0.25, 0.3) is 0 Å². The largest absolute Gasteiger partial charge is 0.394 e. The first-order valence-electron chi connectivity index (χ1n) is 4.47. The molecule has 0 radical (unpaired) electrons. The Morgan fingerprint density at radius 3 is 1.83 bits per heavy atom. The summed E-state index contributed by atoms with van der Waals surface area (Å²) in [6.07, 6.45) is 2.22. The minimum atomic E-state index is -0.167. The number of hydrogen-bond donors (Lipinski definition) is 1. The highest BCUT2D eigenvalue weighted by Crippen LogP contribution is 2.05. The number of amides is 1. The van der Waals surface area contributed by atoms with E-state index >= 15 is 0 Å². The molecule has 1 heterocycles. The molecule has 3 heteroatoms. The van der Waals surface area contributed by atoms with Gasteiger partial charge in [0.05, 0.1) is 0 Å². The van der Waals surface area contributed by atoms with E-state index in [4.69, 9.17) is 5.11 Å². The number of likely N-dealkylation sites (tertiary alicyclic amines) is 1. The Morgan fingerprint density at radius 1 is 1.33 bits per heavy atom. The molecule has 12 heavy (non-hydrogen) atoms. The summed E-state index contributed by atoms with van der Waals surface area (Å²) in [5.41, 5.74) is 0. The predicted octanol–water partition coefficient (Wildman–Crippen LogP) is 1.02. The van der Waals surface area contributed by atoms with Crippen molar-refractivity contribution in [1.82, 2.24) is 4.90 Å². The fraction of sp³-hybridized carbons (Fsp3) is 0.889. The van der Waals surface area contributed by atoms with Crippen LogP contribution in [0.1, 0.15) is 33.6 Å². The minimum Gasteiger partial charge on any atom is -0.394 e. The van der Waals surface area contributed by atoms with Crippen molar-refractivity contribution < 1.29 is 9.90 Å². The Hall–Kier alpha value is -0.570. The van der Waals surface area contributed by atoms with Gasteiger partial charge in [0.25, 0.3) is 0 Å². The number of aliphatic hydroxyl groups is 1. The molecule has 0 aliphatic carbocycles. The third kappa shape index (κ3) is 6.16. The Morgan fingerprint density at radius 2 is 1.67 bits per heavy atom. The van der Waals surface area contributed by atoms with Gasteiger partial charge in [-0.2, -0.15) is 0 Å². The van der Waals surface area contributed by atoms with E-state index in [9.17, 15) is 4.79 Å². The van der Waals surface area contributed by atoms with Crippen LogP contribution in [0.2, 0.25) is 0 Å². The van der Waals surface area contributed by atoms with E-state index in [0.29, 0.717) is 0 Å². The van der Waals surface area contributed by atoms with Crippen LogP contribution in [-0.2, 0) is 4.79 Å². The summed E-state index contributed by atoms with van der Waals surface area (Å²) in [5.74, 6) is 0.225. The molecule has 3 nitrogen and oxygen atoms in total. The maximum Gasteiger partial charge on any atom is 0.219 e. The van der Waals surface area contributed by atoms with Crippen LogP contribution in [0.3, 0.4) is 0 Å². The van der Waals surface area contributed by atoms with E-state index in [-0.39, 0.29) is 12.0 Å². The second-order valence-corrected chi connectivity index (χ2v) is 3.31. The van der Waals surface area contributed by atoms with Gasteiger partial charge in [0, 0.05) is 26.1 Å². The van der Waals surface area contributed by atoms with E-state index in [1.165, 1.54) is 12.8 Å². The number of aliphatic hydroxyl groups excluding tert-OH is 1. The van der Waals surface area contributed by atoms with Gasteiger partial charge >= 0.3 is 0 Å². The molecule has 0 bridgehead atoms. The van der Waals surface area contributed by atoms with Gasteiger partial charge in [-0.1, -0.05) is 0 Å². The van der Waals surface area contributed by atoms with Crippen molar-refractivity contribution >= 4 is 5.91 Å². The normalized spacial score (nSPS) is 15.9. The number of carbonyl (C=O) groups excluding carboxylic acids is 1. The summed E-state index contributed by atoms with van der Waals surface area (Å²) in [4.78, 5) is 12.5. The monoisotopic (exact) mass is 173 g/mol. The molecule has 72 valence electrons. The quantitative estimate of drug-likeness (QED) is 0.594. The fourth-order valence-corrected chi connectivity index (χ4v) is 1.03. The molecule has 0 saturated carbocycles. The summed E-state index contributed by atoms with van der Waals surface area (Å²) >= 11 is 0. The van der Waals surface area contributed by atoms with Crippen LogP contribution in [0, 0.1) is 0 Å². The fourth-order valence-electron chi connectivity index (χ4n) is 1.03. The lowest BCUT2D eigenvalue weighted by molar-refractivity contribution is -0.127. The summed E-state index contributed by atoms with van der Waals surface area (Å²) in [7, 11) is 0.